The molecule has 0 aliphatic heterocycles. The number of methoxy groups -OCH3 is 1. The SMILES string of the molecule is COC(=O)NC[C@@H]1CCCc2cc(S(=O)(=O)c3cccc(F)c3)ccc21. The molecule has 0 radical (unpaired) electrons. The molecule has 5 nitrogen and oxygen atoms in total. The van der Waals surface area contributed by atoms with Crippen molar-refractivity contribution in [2.24, 2.45) is 0 Å². The predicted octanol–water partition coefficient (Wildman–Crippen LogP) is 3.43. The Balaban J connectivity index is 1.90. The molecule has 3 rings (SSSR count). The number of halogens is 1. The Morgan fingerprint density at radius 3 is 2.73 bits per heavy atom. The summed E-state index contributed by atoms with van der Waals surface area (Å²) in [4.78, 5) is 11.4. The lowest BCUT2D eigenvalue weighted by Crippen LogP contribution is -2.29. The van der Waals surface area contributed by atoms with Crippen molar-refractivity contribution in [2.75, 3.05) is 13.7 Å². The number of nitrogens with one attached hydrogen (secondary N) is 1. The van der Waals surface area contributed by atoms with Crippen molar-refractivity contribution in [3.8, 4) is 0 Å². The Labute approximate surface area is 152 Å². The van der Waals surface area contributed by atoms with Gasteiger partial charge >= 0.3 is 6.09 Å². The molecule has 0 fully saturated rings. The molecule has 0 aromatic heterocycles. The number of hydrogen-bond acceptors (Lipinski definition) is 4. The van der Waals surface area contributed by atoms with Crippen LogP contribution in [0.3, 0.4) is 0 Å². The average molecular weight is 377 g/mol. The molecule has 0 saturated heterocycles. The number of amides is 1. The van der Waals surface area contributed by atoms with Gasteiger partial charge in [0.1, 0.15) is 5.82 Å². The fourth-order valence-corrected chi connectivity index (χ4v) is 4.66. The largest absolute Gasteiger partial charge is 0.453 e. The van der Waals surface area contributed by atoms with Crippen LogP contribution in [0.15, 0.2) is 52.3 Å². The lowest BCUT2D eigenvalue weighted by atomic mass is 9.83. The van der Waals surface area contributed by atoms with Crippen molar-refractivity contribution in [1.29, 1.82) is 0 Å². The third-order valence-corrected chi connectivity index (χ3v) is 6.40. The molecule has 1 aliphatic rings. The molecule has 0 bridgehead atoms. The topological polar surface area (TPSA) is 72.5 Å². The van der Waals surface area contributed by atoms with Gasteiger partial charge in [-0.2, -0.15) is 0 Å². The van der Waals surface area contributed by atoms with Gasteiger partial charge in [0.25, 0.3) is 0 Å². The van der Waals surface area contributed by atoms with Crippen LogP contribution >= 0.6 is 0 Å². The molecule has 0 saturated carbocycles. The molecule has 138 valence electrons. The van der Waals surface area contributed by atoms with Crippen LogP contribution in [-0.2, 0) is 21.0 Å². The van der Waals surface area contributed by atoms with Gasteiger partial charge in [-0.1, -0.05) is 12.1 Å². The zero-order valence-electron chi connectivity index (χ0n) is 14.4. The molecular weight excluding hydrogens is 357 g/mol. The lowest BCUT2D eigenvalue weighted by molar-refractivity contribution is 0.170. The van der Waals surface area contributed by atoms with E-state index in [0.717, 1.165) is 36.5 Å². The zero-order chi connectivity index (χ0) is 18.7. The van der Waals surface area contributed by atoms with E-state index < -0.39 is 21.7 Å². The highest BCUT2D eigenvalue weighted by Crippen LogP contribution is 2.34. The minimum atomic E-state index is -3.77. The van der Waals surface area contributed by atoms with E-state index in [1.165, 1.54) is 25.3 Å². The van der Waals surface area contributed by atoms with Gasteiger partial charge in [-0.15, -0.1) is 0 Å². The third-order valence-electron chi connectivity index (χ3n) is 4.65. The lowest BCUT2D eigenvalue weighted by Gasteiger charge is -2.26. The quantitative estimate of drug-likeness (QED) is 0.886. The molecular formula is C19H20FNO4S. The standard InChI is InChI=1S/C19H20FNO4S/c1-25-19(22)21-12-14-5-2-4-13-10-17(8-9-18(13)14)26(23,24)16-7-3-6-15(20)11-16/h3,6-11,14H,2,4-5,12H2,1H3,(H,21,22)/t14-/m0/s1. The molecule has 0 spiro atoms. The molecule has 2 aromatic rings. The normalized spacial score (nSPS) is 16.6. The van der Waals surface area contributed by atoms with Crippen LogP contribution in [0.1, 0.15) is 29.9 Å². The summed E-state index contributed by atoms with van der Waals surface area (Å²) in [6.45, 7) is 0.440. The monoisotopic (exact) mass is 377 g/mol. The highest BCUT2D eigenvalue weighted by molar-refractivity contribution is 7.91. The van der Waals surface area contributed by atoms with Gasteiger partial charge in [-0.05, 0) is 60.7 Å². The minimum absolute atomic E-state index is 0.0582. The number of ether oxygens (including phenoxy) is 1. The minimum Gasteiger partial charge on any atom is -0.453 e. The van der Waals surface area contributed by atoms with E-state index in [1.807, 2.05) is 0 Å². The summed E-state index contributed by atoms with van der Waals surface area (Å²) in [5.41, 5.74) is 1.98. The maximum absolute atomic E-state index is 13.4. The van der Waals surface area contributed by atoms with Crippen LogP contribution in [0.25, 0.3) is 0 Å². The fraction of sp³-hybridized carbons (Fsp3) is 0.316. The van der Waals surface area contributed by atoms with E-state index in [4.69, 9.17) is 0 Å². The third kappa shape index (κ3) is 3.72. The molecule has 1 aliphatic carbocycles. The molecule has 1 N–H and O–H groups in total. The van der Waals surface area contributed by atoms with Gasteiger partial charge in [0.2, 0.25) is 9.84 Å². The first-order chi connectivity index (χ1) is 12.4. The number of alkyl carbamates (subject to hydrolysis) is 1. The van der Waals surface area contributed by atoms with Crippen molar-refractivity contribution in [3.05, 3.63) is 59.4 Å². The molecule has 1 amide bonds. The van der Waals surface area contributed by atoms with E-state index in [1.54, 1.807) is 18.2 Å². The second kappa shape index (κ2) is 7.45. The number of carbonyl (C=O) groups excluding carboxylic acids is 1. The van der Waals surface area contributed by atoms with E-state index in [9.17, 15) is 17.6 Å². The second-order valence-electron chi connectivity index (χ2n) is 6.28. The van der Waals surface area contributed by atoms with Crippen molar-refractivity contribution in [3.63, 3.8) is 0 Å². The van der Waals surface area contributed by atoms with Crippen molar-refractivity contribution in [2.45, 2.75) is 35.0 Å². The van der Waals surface area contributed by atoms with Crippen molar-refractivity contribution < 1.29 is 22.3 Å². The van der Waals surface area contributed by atoms with Crippen LogP contribution in [0.4, 0.5) is 9.18 Å². The van der Waals surface area contributed by atoms with Crippen LogP contribution < -0.4 is 5.32 Å². The van der Waals surface area contributed by atoms with E-state index in [-0.39, 0.29) is 15.7 Å². The van der Waals surface area contributed by atoms with E-state index in [2.05, 4.69) is 10.1 Å². The van der Waals surface area contributed by atoms with Gasteiger partial charge in [-0.25, -0.2) is 17.6 Å². The average Bonchev–Trinajstić information content (AvgIpc) is 2.65. The number of rotatable bonds is 4. The Hall–Kier alpha value is -2.41. The van der Waals surface area contributed by atoms with Crippen LogP contribution in [-0.4, -0.2) is 28.2 Å². The fourth-order valence-electron chi connectivity index (χ4n) is 3.32. The van der Waals surface area contributed by atoms with Crippen LogP contribution in [0.5, 0.6) is 0 Å². The number of aryl methyl sites for hydroxylation is 1. The van der Waals surface area contributed by atoms with Crippen molar-refractivity contribution >= 4 is 15.9 Å². The summed E-state index contributed by atoms with van der Waals surface area (Å²) in [6, 6.07) is 10.0. The first kappa shape index (κ1) is 18.4. The summed E-state index contributed by atoms with van der Waals surface area (Å²) in [7, 11) is -2.46. The number of benzene rings is 2. The smallest absolute Gasteiger partial charge is 0.406 e. The molecule has 2 aromatic carbocycles. The predicted molar refractivity (Wildman–Crippen MR) is 94.4 cm³/mol. The zero-order valence-corrected chi connectivity index (χ0v) is 15.2. The van der Waals surface area contributed by atoms with Gasteiger partial charge in [0, 0.05) is 12.5 Å². The first-order valence-corrected chi connectivity index (χ1v) is 9.85. The second-order valence-corrected chi connectivity index (χ2v) is 8.23. The Kier molecular flexibility index (Phi) is 5.27. The highest BCUT2D eigenvalue weighted by Gasteiger charge is 2.24. The molecule has 1 atom stereocenters. The van der Waals surface area contributed by atoms with Gasteiger partial charge in [-0.3, -0.25) is 0 Å². The summed E-state index contributed by atoms with van der Waals surface area (Å²) >= 11 is 0. The van der Waals surface area contributed by atoms with Gasteiger partial charge in [0.15, 0.2) is 0 Å². The number of sulfone groups is 1. The molecule has 0 heterocycles. The Morgan fingerprint density at radius 1 is 1.23 bits per heavy atom. The first-order valence-electron chi connectivity index (χ1n) is 8.37. The summed E-state index contributed by atoms with van der Waals surface area (Å²) in [6.07, 6.45) is 2.11. The number of hydrogen-bond donors (Lipinski definition) is 1. The summed E-state index contributed by atoms with van der Waals surface area (Å²) < 4.78 is 43.5. The Bertz CT molecular complexity index is 927. The summed E-state index contributed by atoms with van der Waals surface area (Å²) in [5.74, 6) is -0.471. The van der Waals surface area contributed by atoms with Crippen LogP contribution in [0, 0.1) is 5.82 Å². The summed E-state index contributed by atoms with van der Waals surface area (Å²) in [5, 5.41) is 2.70. The highest BCUT2D eigenvalue weighted by atomic mass is 32.2. The molecule has 7 heteroatoms. The van der Waals surface area contributed by atoms with E-state index >= 15 is 0 Å². The maximum atomic E-state index is 13.4. The molecule has 0 unspecified atom stereocenters. The van der Waals surface area contributed by atoms with Gasteiger partial charge < -0.3 is 10.1 Å². The molecule has 26 heavy (non-hydrogen) atoms. The van der Waals surface area contributed by atoms with Crippen molar-refractivity contribution in [1.82, 2.24) is 5.32 Å². The maximum Gasteiger partial charge on any atom is 0.406 e. The Morgan fingerprint density at radius 2 is 2.00 bits per heavy atom. The number of carbonyl (C=O) groups is 1. The van der Waals surface area contributed by atoms with Gasteiger partial charge in [0.05, 0.1) is 16.9 Å². The van der Waals surface area contributed by atoms with E-state index in [0.29, 0.717) is 6.54 Å². The van der Waals surface area contributed by atoms with Crippen LogP contribution in [0.2, 0.25) is 0 Å². The number of fused-ring (bicyclic) bond motifs is 1.